The molecule has 0 aromatic carbocycles. The number of hydrogen-bond acceptors (Lipinski definition) is 5. The number of ether oxygens (including phenoxy) is 1. The lowest BCUT2D eigenvalue weighted by Crippen LogP contribution is -2.13. The van der Waals surface area contributed by atoms with Crippen molar-refractivity contribution in [3.63, 3.8) is 0 Å². The molecule has 20 heavy (non-hydrogen) atoms. The van der Waals surface area contributed by atoms with Gasteiger partial charge in [-0.25, -0.2) is 9.97 Å². The van der Waals surface area contributed by atoms with E-state index in [1.54, 1.807) is 11.8 Å². The first-order valence-corrected chi connectivity index (χ1v) is 6.76. The first-order chi connectivity index (χ1) is 9.62. The molecule has 1 unspecified atom stereocenters. The van der Waals surface area contributed by atoms with E-state index in [1.165, 1.54) is 0 Å². The van der Waals surface area contributed by atoms with Gasteiger partial charge in [0.05, 0.1) is 18.0 Å². The highest BCUT2D eigenvalue weighted by Crippen LogP contribution is 2.19. The molecule has 108 valence electrons. The van der Waals surface area contributed by atoms with Crippen LogP contribution in [0.25, 0.3) is 11.3 Å². The van der Waals surface area contributed by atoms with E-state index in [2.05, 4.69) is 20.4 Å². The van der Waals surface area contributed by atoms with Gasteiger partial charge < -0.3 is 10.1 Å². The maximum atomic E-state index is 5.29. The van der Waals surface area contributed by atoms with Gasteiger partial charge in [0.15, 0.2) is 0 Å². The van der Waals surface area contributed by atoms with Crippen molar-refractivity contribution in [2.24, 2.45) is 7.05 Å². The molecule has 6 nitrogen and oxygen atoms in total. The van der Waals surface area contributed by atoms with E-state index in [0.717, 1.165) is 29.4 Å². The molecule has 0 aliphatic rings. The van der Waals surface area contributed by atoms with Gasteiger partial charge in [0.2, 0.25) is 0 Å². The largest absolute Gasteiger partial charge is 0.381 e. The quantitative estimate of drug-likeness (QED) is 0.872. The zero-order valence-corrected chi connectivity index (χ0v) is 12.4. The minimum atomic E-state index is 0.0913. The molecule has 2 heterocycles. The summed E-state index contributed by atoms with van der Waals surface area (Å²) in [6.07, 6.45) is 4.53. The van der Waals surface area contributed by atoms with Crippen molar-refractivity contribution in [2.45, 2.75) is 26.4 Å². The SMILES string of the molecule is CCNc1cc(-c2cnn(C)c2)nc(CC(C)OC)n1. The number of methoxy groups -OCH3 is 1. The predicted molar refractivity (Wildman–Crippen MR) is 78.6 cm³/mol. The van der Waals surface area contributed by atoms with Gasteiger partial charge in [0.1, 0.15) is 11.6 Å². The van der Waals surface area contributed by atoms with Crippen LogP contribution in [-0.4, -0.2) is 39.5 Å². The van der Waals surface area contributed by atoms with E-state index in [-0.39, 0.29) is 6.10 Å². The van der Waals surface area contributed by atoms with Crippen molar-refractivity contribution in [1.82, 2.24) is 19.7 Å². The van der Waals surface area contributed by atoms with E-state index < -0.39 is 0 Å². The van der Waals surface area contributed by atoms with Crippen molar-refractivity contribution >= 4 is 5.82 Å². The Morgan fingerprint density at radius 2 is 2.20 bits per heavy atom. The third kappa shape index (κ3) is 3.54. The number of aromatic nitrogens is 4. The number of aryl methyl sites for hydroxylation is 1. The van der Waals surface area contributed by atoms with Gasteiger partial charge in [-0.1, -0.05) is 0 Å². The number of rotatable bonds is 6. The van der Waals surface area contributed by atoms with Crippen LogP contribution in [0.15, 0.2) is 18.5 Å². The fraction of sp³-hybridized carbons (Fsp3) is 0.500. The van der Waals surface area contributed by atoms with Crippen LogP contribution < -0.4 is 5.32 Å². The first kappa shape index (κ1) is 14.5. The van der Waals surface area contributed by atoms with Gasteiger partial charge >= 0.3 is 0 Å². The molecule has 2 aromatic heterocycles. The Hall–Kier alpha value is -1.95. The highest BCUT2D eigenvalue weighted by molar-refractivity contribution is 5.60. The van der Waals surface area contributed by atoms with Crippen LogP contribution in [0.2, 0.25) is 0 Å². The molecule has 0 aliphatic carbocycles. The zero-order valence-electron chi connectivity index (χ0n) is 12.4. The van der Waals surface area contributed by atoms with Gasteiger partial charge in [-0.15, -0.1) is 0 Å². The van der Waals surface area contributed by atoms with Crippen molar-refractivity contribution in [3.05, 3.63) is 24.3 Å². The summed E-state index contributed by atoms with van der Waals surface area (Å²) in [6.45, 7) is 4.87. The Balaban J connectivity index is 2.35. The Bertz CT molecular complexity index is 566. The van der Waals surface area contributed by atoms with Crippen LogP contribution in [0.5, 0.6) is 0 Å². The molecule has 0 spiro atoms. The molecule has 0 saturated heterocycles. The van der Waals surface area contributed by atoms with Crippen LogP contribution in [-0.2, 0) is 18.2 Å². The lowest BCUT2D eigenvalue weighted by molar-refractivity contribution is 0.117. The van der Waals surface area contributed by atoms with Crippen LogP contribution in [0.3, 0.4) is 0 Å². The highest BCUT2D eigenvalue weighted by Gasteiger charge is 2.10. The predicted octanol–water partition coefficient (Wildman–Crippen LogP) is 1.89. The lowest BCUT2D eigenvalue weighted by Gasteiger charge is -2.11. The third-order valence-corrected chi connectivity index (χ3v) is 3.00. The Kier molecular flexibility index (Phi) is 4.68. The number of nitrogens with zero attached hydrogens (tertiary/aromatic N) is 4. The van der Waals surface area contributed by atoms with Gasteiger partial charge in [0.25, 0.3) is 0 Å². The van der Waals surface area contributed by atoms with Gasteiger partial charge in [-0.05, 0) is 13.8 Å². The molecule has 0 aliphatic heterocycles. The maximum absolute atomic E-state index is 5.29. The summed E-state index contributed by atoms with van der Waals surface area (Å²) < 4.78 is 7.05. The van der Waals surface area contributed by atoms with Gasteiger partial charge in [-0.3, -0.25) is 4.68 Å². The monoisotopic (exact) mass is 275 g/mol. The molecule has 1 N–H and O–H groups in total. The van der Waals surface area contributed by atoms with E-state index in [9.17, 15) is 0 Å². The average Bonchev–Trinajstić information content (AvgIpc) is 2.85. The first-order valence-electron chi connectivity index (χ1n) is 6.76. The lowest BCUT2D eigenvalue weighted by atomic mass is 10.2. The summed E-state index contributed by atoms with van der Waals surface area (Å²) in [5.41, 5.74) is 1.86. The van der Waals surface area contributed by atoms with Crippen LogP contribution >= 0.6 is 0 Å². The number of nitrogens with one attached hydrogen (secondary N) is 1. The summed E-state index contributed by atoms with van der Waals surface area (Å²) in [5, 5.41) is 7.42. The van der Waals surface area contributed by atoms with E-state index in [1.807, 2.05) is 39.4 Å². The van der Waals surface area contributed by atoms with Crippen LogP contribution in [0.4, 0.5) is 5.82 Å². The summed E-state index contributed by atoms with van der Waals surface area (Å²) in [6, 6.07) is 1.95. The number of anilines is 1. The standard InChI is InChI=1S/C14H21N5O/c1-5-15-13-7-12(11-8-16-19(3)9-11)17-14(18-13)6-10(2)20-4/h7-10H,5-6H2,1-4H3,(H,15,17,18). The summed E-state index contributed by atoms with van der Waals surface area (Å²) in [4.78, 5) is 9.12. The fourth-order valence-corrected chi connectivity index (χ4v) is 1.90. The molecule has 1 atom stereocenters. The summed E-state index contributed by atoms with van der Waals surface area (Å²) in [7, 11) is 3.59. The Morgan fingerprint density at radius 3 is 2.80 bits per heavy atom. The molecule has 0 amide bonds. The molecule has 0 bridgehead atoms. The van der Waals surface area contributed by atoms with Crippen molar-refractivity contribution in [2.75, 3.05) is 19.0 Å². The normalized spacial score (nSPS) is 12.4. The van der Waals surface area contributed by atoms with Crippen LogP contribution in [0, 0.1) is 0 Å². The van der Waals surface area contributed by atoms with E-state index >= 15 is 0 Å². The van der Waals surface area contributed by atoms with E-state index in [4.69, 9.17) is 4.74 Å². The van der Waals surface area contributed by atoms with Gasteiger partial charge in [-0.2, -0.15) is 5.10 Å². The second-order valence-electron chi connectivity index (χ2n) is 4.74. The summed E-state index contributed by atoms with van der Waals surface area (Å²) in [5.74, 6) is 1.61. The Labute approximate surface area is 119 Å². The van der Waals surface area contributed by atoms with Crippen molar-refractivity contribution in [1.29, 1.82) is 0 Å². The zero-order chi connectivity index (χ0) is 14.5. The fourth-order valence-electron chi connectivity index (χ4n) is 1.90. The molecule has 6 heteroatoms. The Morgan fingerprint density at radius 1 is 1.40 bits per heavy atom. The topological polar surface area (TPSA) is 64.9 Å². The maximum Gasteiger partial charge on any atom is 0.134 e. The molecular weight excluding hydrogens is 254 g/mol. The van der Waals surface area contributed by atoms with Gasteiger partial charge in [0, 0.05) is 44.9 Å². The van der Waals surface area contributed by atoms with Crippen molar-refractivity contribution < 1.29 is 4.74 Å². The minimum Gasteiger partial charge on any atom is -0.381 e. The highest BCUT2D eigenvalue weighted by atomic mass is 16.5. The summed E-state index contributed by atoms with van der Waals surface area (Å²) >= 11 is 0. The van der Waals surface area contributed by atoms with E-state index in [0.29, 0.717) is 6.42 Å². The molecule has 0 saturated carbocycles. The number of hydrogen-bond donors (Lipinski definition) is 1. The third-order valence-electron chi connectivity index (χ3n) is 3.00. The second-order valence-corrected chi connectivity index (χ2v) is 4.74. The molecule has 0 radical (unpaired) electrons. The minimum absolute atomic E-state index is 0.0913. The second kappa shape index (κ2) is 6.47. The molecule has 0 fully saturated rings. The molecule has 2 rings (SSSR count). The van der Waals surface area contributed by atoms with Crippen LogP contribution in [0.1, 0.15) is 19.7 Å². The smallest absolute Gasteiger partial charge is 0.134 e. The van der Waals surface area contributed by atoms with Crippen molar-refractivity contribution in [3.8, 4) is 11.3 Å². The average molecular weight is 275 g/mol. The molecule has 2 aromatic rings. The molecular formula is C14H21N5O.